The van der Waals surface area contributed by atoms with Crippen molar-refractivity contribution in [2.24, 2.45) is 0 Å². The molecule has 21 heavy (non-hydrogen) atoms. The van der Waals surface area contributed by atoms with Gasteiger partial charge in [0.1, 0.15) is 5.76 Å². The summed E-state index contributed by atoms with van der Waals surface area (Å²) in [5.41, 5.74) is 1.63. The number of carbonyl (C=O) groups excluding carboxylic acids is 1. The summed E-state index contributed by atoms with van der Waals surface area (Å²) >= 11 is 3.49. The Balaban J connectivity index is 1.92. The van der Waals surface area contributed by atoms with Gasteiger partial charge in [-0.25, -0.2) is 4.79 Å². The summed E-state index contributed by atoms with van der Waals surface area (Å²) in [6, 6.07) is 9.63. The summed E-state index contributed by atoms with van der Waals surface area (Å²) in [5.74, 6) is 0.636. The third-order valence-corrected chi connectivity index (χ3v) is 3.94. The van der Waals surface area contributed by atoms with E-state index in [4.69, 9.17) is 9.15 Å². The molecular formula is C16H18BrNO3. The average Bonchev–Trinajstić information content (AvgIpc) is 2.98. The first-order valence-electron chi connectivity index (χ1n) is 6.72. The Morgan fingerprint density at radius 3 is 2.86 bits per heavy atom. The summed E-state index contributed by atoms with van der Waals surface area (Å²) < 4.78 is 10.9. The fourth-order valence-corrected chi connectivity index (χ4v) is 2.54. The van der Waals surface area contributed by atoms with Gasteiger partial charge in [-0.2, -0.15) is 0 Å². The second-order valence-corrected chi connectivity index (χ2v) is 5.72. The first kappa shape index (κ1) is 15.8. The Labute approximate surface area is 132 Å². The zero-order valence-electron chi connectivity index (χ0n) is 12.1. The molecule has 5 heteroatoms. The lowest BCUT2D eigenvalue weighted by Crippen LogP contribution is -2.27. The van der Waals surface area contributed by atoms with Crippen LogP contribution in [0.5, 0.6) is 0 Å². The predicted octanol–water partition coefficient (Wildman–Crippen LogP) is 3.55. The Morgan fingerprint density at radius 1 is 1.43 bits per heavy atom. The van der Waals surface area contributed by atoms with Crippen molar-refractivity contribution in [2.75, 3.05) is 7.11 Å². The highest BCUT2D eigenvalue weighted by atomic mass is 79.9. The summed E-state index contributed by atoms with van der Waals surface area (Å²) in [6.07, 6.45) is 2.52. The van der Waals surface area contributed by atoms with E-state index in [9.17, 15) is 4.79 Å². The maximum atomic E-state index is 11.5. The monoisotopic (exact) mass is 351 g/mol. The van der Waals surface area contributed by atoms with Crippen LogP contribution >= 0.6 is 15.9 Å². The summed E-state index contributed by atoms with van der Waals surface area (Å²) in [4.78, 5) is 11.5. The van der Waals surface area contributed by atoms with Crippen LogP contribution in [0, 0.1) is 0 Å². The van der Waals surface area contributed by atoms with Gasteiger partial charge < -0.3 is 14.5 Å². The van der Waals surface area contributed by atoms with Gasteiger partial charge >= 0.3 is 5.97 Å². The lowest BCUT2D eigenvalue weighted by atomic mass is 10.1. The molecule has 1 atom stereocenters. The molecule has 0 saturated heterocycles. The van der Waals surface area contributed by atoms with Gasteiger partial charge in [-0.3, -0.25) is 0 Å². The summed E-state index contributed by atoms with van der Waals surface area (Å²) in [6.45, 7) is 2.82. The molecular weight excluding hydrogens is 334 g/mol. The second-order valence-electron chi connectivity index (χ2n) is 4.86. The molecule has 0 bridgehead atoms. The Bertz CT molecular complexity index is 596. The number of ether oxygens (including phenoxy) is 1. The molecule has 0 aliphatic rings. The largest absolute Gasteiger partial charge is 0.469 e. The van der Waals surface area contributed by atoms with E-state index < -0.39 is 0 Å². The molecule has 4 nitrogen and oxygen atoms in total. The number of esters is 1. The molecule has 1 aromatic carbocycles. The van der Waals surface area contributed by atoms with Gasteiger partial charge in [0.25, 0.3) is 0 Å². The van der Waals surface area contributed by atoms with Crippen LogP contribution in [-0.2, 0) is 17.7 Å². The van der Waals surface area contributed by atoms with Crippen LogP contribution in [0.15, 0.2) is 45.5 Å². The second kappa shape index (κ2) is 7.43. The minimum absolute atomic E-state index is 0.295. The lowest BCUT2D eigenvalue weighted by molar-refractivity contribution is 0.0600. The zero-order chi connectivity index (χ0) is 15.2. The van der Waals surface area contributed by atoms with E-state index in [0.29, 0.717) is 18.2 Å². The van der Waals surface area contributed by atoms with Gasteiger partial charge in [-0.15, -0.1) is 0 Å². The van der Waals surface area contributed by atoms with Gasteiger partial charge in [0.2, 0.25) is 0 Å². The van der Waals surface area contributed by atoms with E-state index in [1.54, 1.807) is 18.4 Å². The van der Waals surface area contributed by atoms with Crippen molar-refractivity contribution in [3.8, 4) is 0 Å². The highest BCUT2D eigenvalue weighted by Gasteiger charge is 2.10. The predicted molar refractivity (Wildman–Crippen MR) is 84.2 cm³/mol. The third-order valence-electron chi connectivity index (χ3n) is 3.20. The molecule has 0 aliphatic heterocycles. The van der Waals surface area contributed by atoms with Crippen molar-refractivity contribution in [1.82, 2.24) is 5.32 Å². The smallest absolute Gasteiger partial charge is 0.337 e. The van der Waals surface area contributed by atoms with Gasteiger partial charge in [0.05, 0.1) is 18.9 Å². The molecule has 0 fully saturated rings. The van der Waals surface area contributed by atoms with E-state index >= 15 is 0 Å². The maximum absolute atomic E-state index is 11.5. The molecule has 1 heterocycles. The van der Waals surface area contributed by atoms with E-state index in [2.05, 4.69) is 28.2 Å². The number of hydrogen-bond acceptors (Lipinski definition) is 4. The summed E-state index contributed by atoms with van der Waals surface area (Å²) in [5, 5.41) is 3.43. The minimum atomic E-state index is -0.332. The van der Waals surface area contributed by atoms with Crippen LogP contribution in [0.25, 0.3) is 0 Å². The van der Waals surface area contributed by atoms with Crippen molar-refractivity contribution in [1.29, 1.82) is 0 Å². The molecule has 2 rings (SSSR count). The molecule has 1 aromatic heterocycles. The zero-order valence-corrected chi connectivity index (χ0v) is 13.6. The molecule has 0 radical (unpaired) electrons. The van der Waals surface area contributed by atoms with E-state index in [1.165, 1.54) is 7.11 Å². The normalized spacial score (nSPS) is 12.1. The number of hydrogen-bond donors (Lipinski definition) is 1. The maximum Gasteiger partial charge on any atom is 0.337 e. The van der Waals surface area contributed by atoms with Crippen LogP contribution < -0.4 is 5.32 Å². The number of rotatable bonds is 6. The van der Waals surface area contributed by atoms with Gasteiger partial charge in [0.15, 0.2) is 0 Å². The molecule has 112 valence electrons. The van der Waals surface area contributed by atoms with Crippen LogP contribution in [0.3, 0.4) is 0 Å². The molecule has 2 aromatic rings. The number of carbonyl (C=O) groups is 1. The SMILES string of the molecule is COC(=O)c1ccc(CNC(C)Cc2ccco2)c(Br)c1. The van der Waals surface area contributed by atoms with Crippen molar-refractivity contribution in [2.45, 2.75) is 25.9 Å². The molecule has 0 spiro atoms. The van der Waals surface area contributed by atoms with Crippen molar-refractivity contribution in [3.63, 3.8) is 0 Å². The standard InChI is InChI=1S/C16H18BrNO3/c1-11(8-14-4-3-7-21-14)18-10-13-6-5-12(9-15(13)17)16(19)20-2/h3-7,9,11,18H,8,10H2,1-2H3. The fraction of sp³-hybridized carbons (Fsp3) is 0.312. The topological polar surface area (TPSA) is 51.5 Å². The minimum Gasteiger partial charge on any atom is -0.469 e. The molecule has 0 amide bonds. The highest BCUT2D eigenvalue weighted by molar-refractivity contribution is 9.10. The average molecular weight is 352 g/mol. The summed E-state index contributed by atoms with van der Waals surface area (Å²) in [7, 11) is 1.38. The van der Waals surface area contributed by atoms with Gasteiger partial charge in [-0.05, 0) is 36.8 Å². The number of methoxy groups -OCH3 is 1. The Hall–Kier alpha value is -1.59. The molecule has 0 aliphatic carbocycles. The number of nitrogens with one attached hydrogen (secondary N) is 1. The molecule has 1 unspecified atom stereocenters. The first-order chi connectivity index (χ1) is 10.1. The fourth-order valence-electron chi connectivity index (χ4n) is 2.02. The van der Waals surface area contributed by atoms with Crippen LogP contribution in [-0.4, -0.2) is 19.1 Å². The third kappa shape index (κ3) is 4.44. The Kier molecular flexibility index (Phi) is 5.59. The number of halogens is 1. The van der Waals surface area contributed by atoms with Gasteiger partial charge in [0, 0.05) is 23.5 Å². The first-order valence-corrected chi connectivity index (χ1v) is 7.52. The van der Waals surface area contributed by atoms with Crippen molar-refractivity contribution in [3.05, 3.63) is 58.0 Å². The van der Waals surface area contributed by atoms with Crippen molar-refractivity contribution >= 4 is 21.9 Å². The van der Waals surface area contributed by atoms with Crippen LogP contribution in [0.1, 0.15) is 28.6 Å². The highest BCUT2D eigenvalue weighted by Crippen LogP contribution is 2.19. The molecule has 1 N–H and O–H groups in total. The number of benzene rings is 1. The molecule has 0 saturated carbocycles. The number of furan rings is 1. The quantitative estimate of drug-likeness (QED) is 0.808. The van der Waals surface area contributed by atoms with Crippen molar-refractivity contribution < 1.29 is 13.9 Å². The Morgan fingerprint density at radius 2 is 2.24 bits per heavy atom. The van der Waals surface area contributed by atoms with Gasteiger partial charge in [-0.1, -0.05) is 22.0 Å². The lowest BCUT2D eigenvalue weighted by Gasteiger charge is -2.13. The van der Waals surface area contributed by atoms with Crippen LogP contribution in [0.4, 0.5) is 0 Å². The van der Waals surface area contributed by atoms with E-state index in [-0.39, 0.29) is 5.97 Å². The van der Waals surface area contributed by atoms with E-state index in [0.717, 1.165) is 22.2 Å². The van der Waals surface area contributed by atoms with Crippen LogP contribution in [0.2, 0.25) is 0 Å². The van der Waals surface area contributed by atoms with E-state index in [1.807, 2.05) is 18.2 Å².